The number of nitrogens with zero attached hydrogens (tertiary/aromatic N) is 4. The van der Waals surface area contributed by atoms with Crippen LogP contribution in [0.2, 0.25) is 0 Å². The summed E-state index contributed by atoms with van der Waals surface area (Å²) in [5.74, 6) is -1.34. The number of hydrogen-bond acceptors (Lipinski definition) is 7. The Hall–Kier alpha value is -4.34. The summed E-state index contributed by atoms with van der Waals surface area (Å²) in [6.45, 7) is 16.0. The van der Waals surface area contributed by atoms with Crippen molar-refractivity contribution in [2.45, 2.75) is 46.5 Å². The Morgan fingerprint density at radius 3 is 1.87 bits per heavy atom. The van der Waals surface area contributed by atoms with Crippen molar-refractivity contribution < 1.29 is 19.1 Å². The summed E-state index contributed by atoms with van der Waals surface area (Å²) in [7, 11) is 1.33. The maximum Gasteiger partial charge on any atom is 0.337 e. The van der Waals surface area contributed by atoms with Gasteiger partial charge in [0, 0.05) is 24.3 Å². The van der Waals surface area contributed by atoms with Crippen molar-refractivity contribution in [2.24, 2.45) is 4.99 Å². The highest BCUT2D eigenvalue weighted by Gasteiger charge is 2.36. The smallest absolute Gasteiger partial charge is 0.337 e. The molecule has 0 radical (unpaired) electrons. The molecule has 1 unspecified atom stereocenters. The van der Waals surface area contributed by atoms with Gasteiger partial charge in [0.2, 0.25) is 5.91 Å². The largest absolute Gasteiger partial charge is 0.465 e. The number of anilines is 1. The van der Waals surface area contributed by atoms with Gasteiger partial charge in [-0.3, -0.25) is 14.6 Å². The molecule has 250 valence electrons. The molecule has 47 heavy (non-hydrogen) atoms. The molecule has 9 nitrogen and oxygen atoms in total. The Morgan fingerprint density at radius 2 is 1.32 bits per heavy atom. The lowest BCUT2D eigenvalue weighted by Crippen LogP contribution is -2.36. The highest BCUT2D eigenvalue weighted by Crippen LogP contribution is 2.37. The molecule has 0 fully saturated rings. The summed E-state index contributed by atoms with van der Waals surface area (Å²) in [5, 5.41) is 2.92. The Labute approximate surface area is 279 Å². The molecule has 2 amide bonds. The summed E-state index contributed by atoms with van der Waals surface area (Å²) in [6.07, 6.45) is 1.85. The van der Waals surface area contributed by atoms with E-state index in [1.807, 2.05) is 59.5 Å². The van der Waals surface area contributed by atoms with Crippen LogP contribution in [0.3, 0.4) is 0 Å². The maximum absolute atomic E-state index is 13.8. The molecule has 0 aliphatic carbocycles. The number of benzene rings is 3. The molecule has 0 aromatic heterocycles. The third-order valence-corrected chi connectivity index (χ3v) is 8.89. The minimum absolute atomic E-state index is 0.0217. The summed E-state index contributed by atoms with van der Waals surface area (Å²) >= 11 is 0. The zero-order valence-electron chi connectivity index (χ0n) is 28.5. The van der Waals surface area contributed by atoms with E-state index in [2.05, 4.69) is 42.8 Å². The van der Waals surface area contributed by atoms with Crippen LogP contribution in [0.1, 0.15) is 78.3 Å². The predicted octanol–water partition coefficient (Wildman–Crippen LogP) is 6.24. The molecule has 3 aromatic rings. The van der Waals surface area contributed by atoms with E-state index in [0.717, 1.165) is 63.2 Å². The van der Waals surface area contributed by atoms with Gasteiger partial charge in [0.1, 0.15) is 5.92 Å². The topological polar surface area (TPSA) is 94.5 Å². The van der Waals surface area contributed by atoms with Crippen LogP contribution >= 0.6 is 0 Å². The molecule has 1 aliphatic heterocycles. The average Bonchev–Trinajstić information content (AvgIpc) is 3.44. The molecule has 0 saturated carbocycles. The van der Waals surface area contributed by atoms with Gasteiger partial charge >= 0.3 is 5.97 Å². The van der Waals surface area contributed by atoms with Crippen LogP contribution in [0.25, 0.3) is 0 Å². The third kappa shape index (κ3) is 9.14. The number of esters is 1. The predicted molar refractivity (Wildman–Crippen MR) is 189 cm³/mol. The van der Waals surface area contributed by atoms with E-state index in [1.54, 1.807) is 18.2 Å². The fourth-order valence-corrected chi connectivity index (χ4v) is 6.05. The van der Waals surface area contributed by atoms with Gasteiger partial charge in [-0.05, 0) is 99.6 Å². The normalized spacial score (nSPS) is 14.3. The highest BCUT2D eigenvalue weighted by molar-refractivity contribution is 6.24. The number of hydrogen-bond donors (Lipinski definition) is 1. The molecular formula is C38H49N5O4. The summed E-state index contributed by atoms with van der Waals surface area (Å²) in [5.41, 5.74) is 4.32. The standard InChI is InChI=1S/C38H49N5O4/c1-6-41(7-2)23-13-25-43(26-14-24-42(8-3)9-4)37(45)29-17-20-31(21-18-29)39-35(28-15-11-10-12-16-28)34-32-22-19-30(38(46)47-5)27-33(32)40-36(34)44/h10-12,15-22,27,34H,6-9,13-14,23-26H2,1-5H3,(H,40,44). The fourth-order valence-electron chi connectivity index (χ4n) is 6.05. The number of carbonyl (C=O) groups is 3. The molecule has 0 bridgehead atoms. The zero-order chi connectivity index (χ0) is 33.8. The monoisotopic (exact) mass is 639 g/mol. The number of fused-ring (bicyclic) bond motifs is 1. The van der Waals surface area contributed by atoms with E-state index in [0.29, 0.717) is 41.3 Å². The van der Waals surface area contributed by atoms with E-state index in [9.17, 15) is 14.4 Å². The molecule has 1 aliphatic rings. The van der Waals surface area contributed by atoms with Crippen LogP contribution in [-0.4, -0.2) is 97.7 Å². The Bertz CT molecular complexity index is 1500. The first-order valence-corrected chi connectivity index (χ1v) is 16.8. The second-order valence-corrected chi connectivity index (χ2v) is 11.7. The van der Waals surface area contributed by atoms with Gasteiger partial charge in [0.05, 0.1) is 24.1 Å². The number of methoxy groups -OCH3 is 1. The van der Waals surface area contributed by atoms with Gasteiger partial charge in [-0.2, -0.15) is 0 Å². The first kappa shape index (κ1) is 35.5. The van der Waals surface area contributed by atoms with Crippen LogP contribution in [0.5, 0.6) is 0 Å². The van der Waals surface area contributed by atoms with Gasteiger partial charge in [0.25, 0.3) is 5.91 Å². The molecular weight excluding hydrogens is 590 g/mol. The first-order valence-electron chi connectivity index (χ1n) is 16.8. The van der Waals surface area contributed by atoms with Crippen molar-refractivity contribution in [3.63, 3.8) is 0 Å². The zero-order valence-corrected chi connectivity index (χ0v) is 28.5. The number of amides is 2. The number of ether oxygens (including phenoxy) is 1. The van der Waals surface area contributed by atoms with Crippen molar-refractivity contribution in [1.82, 2.24) is 14.7 Å². The Kier molecular flexibility index (Phi) is 13.3. The lowest BCUT2D eigenvalue weighted by molar-refractivity contribution is -0.115. The molecule has 0 saturated heterocycles. The Morgan fingerprint density at radius 1 is 0.745 bits per heavy atom. The summed E-state index contributed by atoms with van der Waals surface area (Å²) < 4.78 is 4.86. The van der Waals surface area contributed by atoms with E-state index in [1.165, 1.54) is 7.11 Å². The van der Waals surface area contributed by atoms with Crippen molar-refractivity contribution in [1.29, 1.82) is 0 Å². The molecule has 0 spiro atoms. The number of nitrogens with one attached hydrogen (secondary N) is 1. The minimum Gasteiger partial charge on any atom is -0.465 e. The van der Waals surface area contributed by atoms with Crippen molar-refractivity contribution in [3.05, 3.63) is 95.1 Å². The van der Waals surface area contributed by atoms with Crippen LogP contribution in [0.15, 0.2) is 77.8 Å². The quantitative estimate of drug-likeness (QED) is 0.139. The molecule has 1 N–H and O–H groups in total. The molecule has 9 heteroatoms. The fraction of sp³-hybridized carbons (Fsp3) is 0.421. The third-order valence-electron chi connectivity index (χ3n) is 8.89. The molecule has 4 rings (SSSR count). The number of carbonyl (C=O) groups excluding carboxylic acids is 3. The molecule has 1 atom stereocenters. The lowest BCUT2D eigenvalue weighted by Gasteiger charge is -2.26. The van der Waals surface area contributed by atoms with E-state index in [-0.39, 0.29) is 11.8 Å². The van der Waals surface area contributed by atoms with Gasteiger partial charge in [-0.15, -0.1) is 0 Å². The Balaban J connectivity index is 1.59. The van der Waals surface area contributed by atoms with E-state index in [4.69, 9.17) is 9.73 Å². The van der Waals surface area contributed by atoms with Crippen LogP contribution in [0.4, 0.5) is 11.4 Å². The van der Waals surface area contributed by atoms with Crippen LogP contribution in [0, 0.1) is 0 Å². The second kappa shape index (κ2) is 17.5. The summed E-state index contributed by atoms with van der Waals surface area (Å²) in [6, 6.07) is 22.0. The van der Waals surface area contributed by atoms with Crippen molar-refractivity contribution >= 4 is 34.9 Å². The average molecular weight is 640 g/mol. The van der Waals surface area contributed by atoms with Gasteiger partial charge < -0.3 is 24.8 Å². The van der Waals surface area contributed by atoms with Gasteiger partial charge in [-0.25, -0.2) is 4.79 Å². The lowest BCUT2D eigenvalue weighted by atomic mass is 9.90. The van der Waals surface area contributed by atoms with Crippen LogP contribution in [-0.2, 0) is 9.53 Å². The highest BCUT2D eigenvalue weighted by atomic mass is 16.5. The minimum atomic E-state index is -0.674. The van der Waals surface area contributed by atoms with Gasteiger partial charge in [0.15, 0.2) is 0 Å². The first-order chi connectivity index (χ1) is 22.8. The van der Waals surface area contributed by atoms with E-state index >= 15 is 0 Å². The van der Waals surface area contributed by atoms with Gasteiger partial charge in [-0.1, -0.05) is 64.1 Å². The van der Waals surface area contributed by atoms with Crippen LogP contribution < -0.4 is 5.32 Å². The SMILES string of the molecule is CCN(CC)CCCN(CCCN(CC)CC)C(=O)c1ccc(N=C(c2ccccc2)C2C(=O)Nc3cc(C(=O)OC)ccc32)cc1. The van der Waals surface area contributed by atoms with Crippen molar-refractivity contribution in [2.75, 3.05) is 64.8 Å². The second-order valence-electron chi connectivity index (χ2n) is 11.7. The van der Waals surface area contributed by atoms with E-state index < -0.39 is 11.9 Å². The number of rotatable bonds is 17. The maximum atomic E-state index is 13.8. The summed E-state index contributed by atoms with van der Waals surface area (Å²) in [4.78, 5) is 51.0. The molecule has 1 heterocycles. The van der Waals surface area contributed by atoms with Crippen molar-refractivity contribution in [3.8, 4) is 0 Å². The number of aliphatic imine (C=N–C) groups is 1. The molecule has 3 aromatic carbocycles.